The molecule has 1 N–H and O–H groups in total. The maximum absolute atomic E-state index is 12.6. The number of benzene rings is 2. The van der Waals surface area contributed by atoms with Gasteiger partial charge in [-0.1, -0.05) is 39.7 Å². The molecule has 1 atom stereocenters. The Morgan fingerprint density at radius 3 is 2.76 bits per heavy atom. The molecular formula is C19H18BrClN2O2. The van der Waals surface area contributed by atoms with E-state index in [9.17, 15) is 9.59 Å². The molecule has 0 aliphatic carbocycles. The van der Waals surface area contributed by atoms with Gasteiger partial charge in [0.15, 0.2) is 0 Å². The van der Waals surface area contributed by atoms with Crippen LogP contribution in [0.4, 0.5) is 11.4 Å². The second kappa shape index (κ2) is 7.18. The van der Waals surface area contributed by atoms with E-state index >= 15 is 0 Å². The molecular weight excluding hydrogens is 404 g/mol. The van der Waals surface area contributed by atoms with Crippen molar-refractivity contribution < 1.29 is 9.59 Å². The van der Waals surface area contributed by atoms with Gasteiger partial charge in [0.25, 0.3) is 0 Å². The van der Waals surface area contributed by atoms with Crippen molar-refractivity contribution in [1.29, 1.82) is 0 Å². The molecule has 0 saturated carbocycles. The lowest BCUT2D eigenvalue weighted by Gasteiger charge is -2.20. The maximum atomic E-state index is 12.6. The highest BCUT2D eigenvalue weighted by molar-refractivity contribution is 9.10. The zero-order valence-corrected chi connectivity index (χ0v) is 16.3. The molecule has 1 heterocycles. The molecule has 130 valence electrons. The maximum Gasteiger partial charge on any atom is 0.229 e. The van der Waals surface area contributed by atoms with Gasteiger partial charge in [0.05, 0.1) is 16.6 Å². The van der Waals surface area contributed by atoms with Crippen molar-refractivity contribution in [2.75, 3.05) is 16.8 Å². The Balaban J connectivity index is 1.75. The van der Waals surface area contributed by atoms with E-state index in [2.05, 4.69) is 21.2 Å². The van der Waals surface area contributed by atoms with E-state index in [4.69, 9.17) is 11.6 Å². The zero-order valence-electron chi connectivity index (χ0n) is 14.0. The van der Waals surface area contributed by atoms with Gasteiger partial charge < -0.3 is 10.2 Å². The molecule has 1 fully saturated rings. The van der Waals surface area contributed by atoms with Crippen LogP contribution in [-0.2, 0) is 9.59 Å². The number of rotatable bonds is 3. The van der Waals surface area contributed by atoms with Gasteiger partial charge in [-0.2, -0.15) is 0 Å². The number of nitrogens with zero attached hydrogens (tertiary/aromatic N) is 1. The van der Waals surface area contributed by atoms with Crippen LogP contribution in [0.1, 0.15) is 17.5 Å². The van der Waals surface area contributed by atoms with E-state index < -0.39 is 5.92 Å². The average Bonchev–Trinajstić information content (AvgIpc) is 2.94. The smallest absolute Gasteiger partial charge is 0.229 e. The lowest BCUT2D eigenvalue weighted by atomic mass is 10.1. The van der Waals surface area contributed by atoms with Gasteiger partial charge in [-0.25, -0.2) is 0 Å². The standard InChI is InChI=1S/C19H18BrClN2O2/c1-11-4-3-5-17(12(11)2)23-10-13(8-18(23)24)19(25)22-16-7-6-14(20)9-15(16)21/h3-7,9,13H,8,10H2,1-2H3,(H,22,25). The van der Waals surface area contributed by atoms with Crippen molar-refractivity contribution in [2.45, 2.75) is 20.3 Å². The highest BCUT2D eigenvalue weighted by Gasteiger charge is 2.35. The fraction of sp³-hybridized carbons (Fsp3) is 0.263. The van der Waals surface area contributed by atoms with Gasteiger partial charge in [0.2, 0.25) is 11.8 Å². The average molecular weight is 422 g/mol. The monoisotopic (exact) mass is 420 g/mol. The predicted octanol–water partition coefficient (Wildman–Crippen LogP) is 4.71. The second-order valence-electron chi connectivity index (χ2n) is 6.24. The minimum absolute atomic E-state index is 0.0317. The summed E-state index contributed by atoms with van der Waals surface area (Å²) >= 11 is 9.48. The fourth-order valence-corrected chi connectivity index (χ4v) is 3.69. The van der Waals surface area contributed by atoms with Gasteiger partial charge in [-0.05, 0) is 49.2 Å². The normalized spacial score (nSPS) is 17.0. The van der Waals surface area contributed by atoms with E-state index in [-0.39, 0.29) is 18.2 Å². The van der Waals surface area contributed by atoms with Gasteiger partial charge in [-0.3, -0.25) is 9.59 Å². The second-order valence-corrected chi connectivity index (χ2v) is 7.56. The molecule has 4 nitrogen and oxygen atoms in total. The summed E-state index contributed by atoms with van der Waals surface area (Å²) in [7, 11) is 0. The minimum Gasteiger partial charge on any atom is -0.324 e. The summed E-state index contributed by atoms with van der Waals surface area (Å²) in [5, 5.41) is 3.28. The van der Waals surface area contributed by atoms with E-state index in [0.717, 1.165) is 21.3 Å². The van der Waals surface area contributed by atoms with Crippen LogP contribution in [-0.4, -0.2) is 18.4 Å². The number of nitrogens with one attached hydrogen (secondary N) is 1. The summed E-state index contributed by atoms with van der Waals surface area (Å²) in [5.41, 5.74) is 3.61. The molecule has 0 radical (unpaired) electrons. The van der Waals surface area contributed by atoms with Crippen LogP contribution in [0.25, 0.3) is 0 Å². The lowest BCUT2D eigenvalue weighted by molar-refractivity contribution is -0.122. The number of halogens is 2. The Labute approximate surface area is 160 Å². The van der Waals surface area contributed by atoms with Crippen LogP contribution in [0.3, 0.4) is 0 Å². The summed E-state index contributed by atoms with van der Waals surface area (Å²) < 4.78 is 0.840. The number of aryl methyl sites for hydroxylation is 1. The summed E-state index contributed by atoms with van der Waals surface area (Å²) in [6.07, 6.45) is 0.202. The van der Waals surface area contributed by atoms with E-state index in [1.54, 1.807) is 17.0 Å². The molecule has 0 aromatic heterocycles. The number of carbonyl (C=O) groups is 2. The Kier molecular flexibility index (Phi) is 5.16. The first-order valence-electron chi connectivity index (χ1n) is 7.99. The third-order valence-corrected chi connectivity index (χ3v) is 5.36. The van der Waals surface area contributed by atoms with Crippen molar-refractivity contribution in [2.24, 2.45) is 5.92 Å². The first-order chi connectivity index (χ1) is 11.9. The van der Waals surface area contributed by atoms with Crippen LogP contribution >= 0.6 is 27.5 Å². The van der Waals surface area contributed by atoms with E-state index in [1.807, 2.05) is 38.1 Å². The van der Waals surface area contributed by atoms with Crippen molar-refractivity contribution >= 4 is 50.7 Å². The molecule has 1 saturated heterocycles. The summed E-state index contributed by atoms with van der Waals surface area (Å²) in [6.45, 7) is 4.38. The highest BCUT2D eigenvalue weighted by Crippen LogP contribution is 2.31. The van der Waals surface area contributed by atoms with Gasteiger partial charge >= 0.3 is 0 Å². The number of hydrogen-bond donors (Lipinski definition) is 1. The number of amides is 2. The predicted molar refractivity (Wildman–Crippen MR) is 104 cm³/mol. The van der Waals surface area contributed by atoms with Crippen LogP contribution in [0.15, 0.2) is 40.9 Å². The largest absolute Gasteiger partial charge is 0.324 e. The van der Waals surface area contributed by atoms with E-state index in [0.29, 0.717) is 17.3 Å². The molecule has 0 spiro atoms. The van der Waals surface area contributed by atoms with Gasteiger partial charge in [0.1, 0.15) is 0 Å². The summed E-state index contributed by atoms with van der Waals surface area (Å²) in [6, 6.07) is 11.1. The quantitative estimate of drug-likeness (QED) is 0.780. The van der Waals surface area contributed by atoms with Crippen LogP contribution < -0.4 is 10.2 Å². The molecule has 1 aliphatic heterocycles. The molecule has 25 heavy (non-hydrogen) atoms. The Morgan fingerprint density at radius 1 is 1.28 bits per heavy atom. The molecule has 2 aromatic carbocycles. The topological polar surface area (TPSA) is 49.4 Å². The molecule has 2 aromatic rings. The van der Waals surface area contributed by atoms with Crippen LogP contribution in [0, 0.1) is 19.8 Å². The Morgan fingerprint density at radius 2 is 2.04 bits per heavy atom. The van der Waals surface area contributed by atoms with Crippen molar-refractivity contribution in [3.8, 4) is 0 Å². The molecule has 1 aliphatic rings. The third kappa shape index (κ3) is 3.72. The molecule has 3 rings (SSSR count). The summed E-state index contributed by atoms with van der Waals surface area (Å²) in [5.74, 6) is -0.617. The Hall–Kier alpha value is -1.85. The Bertz CT molecular complexity index is 853. The molecule has 1 unspecified atom stereocenters. The minimum atomic E-state index is -0.396. The molecule has 0 bridgehead atoms. The zero-order chi connectivity index (χ0) is 18.1. The third-order valence-electron chi connectivity index (χ3n) is 4.55. The number of hydrogen-bond acceptors (Lipinski definition) is 2. The lowest BCUT2D eigenvalue weighted by Crippen LogP contribution is -2.28. The van der Waals surface area contributed by atoms with Gasteiger partial charge in [-0.15, -0.1) is 0 Å². The van der Waals surface area contributed by atoms with Gasteiger partial charge in [0, 0.05) is 23.1 Å². The first kappa shape index (κ1) is 18.0. The van der Waals surface area contributed by atoms with Crippen molar-refractivity contribution in [3.05, 3.63) is 57.0 Å². The SMILES string of the molecule is Cc1cccc(N2CC(C(=O)Nc3ccc(Br)cc3Cl)CC2=O)c1C. The van der Waals surface area contributed by atoms with E-state index in [1.165, 1.54) is 0 Å². The number of carbonyl (C=O) groups excluding carboxylic acids is 2. The van der Waals surface area contributed by atoms with Crippen LogP contribution in [0.5, 0.6) is 0 Å². The number of anilines is 2. The summed E-state index contributed by atoms with van der Waals surface area (Å²) in [4.78, 5) is 26.7. The van der Waals surface area contributed by atoms with Crippen molar-refractivity contribution in [1.82, 2.24) is 0 Å². The first-order valence-corrected chi connectivity index (χ1v) is 9.16. The highest BCUT2D eigenvalue weighted by atomic mass is 79.9. The molecule has 2 amide bonds. The van der Waals surface area contributed by atoms with Crippen LogP contribution in [0.2, 0.25) is 5.02 Å². The molecule has 6 heteroatoms. The van der Waals surface area contributed by atoms with Crippen molar-refractivity contribution in [3.63, 3.8) is 0 Å². The fourth-order valence-electron chi connectivity index (χ4n) is 2.97.